The lowest BCUT2D eigenvalue weighted by Crippen LogP contribution is -2.28. The SMILES string of the molecule is O=CCNC(=O)Oc1ccccc1Cl. The normalized spacial score (nSPS) is 9.21. The van der Waals surface area contributed by atoms with Crippen LogP contribution in [0.4, 0.5) is 4.79 Å². The molecule has 0 aliphatic heterocycles. The van der Waals surface area contributed by atoms with Crippen LogP contribution in [0.3, 0.4) is 0 Å². The van der Waals surface area contributed by atoms with E-state index < -0.39 is 6.09 Å². The van der Waals surface area contributed by atoms with Gasteiger partial charge in [-0.05, 0) is 12.1 Å². The molecule has 0 heterocycles. The van der Waals surface area contributed by atoms with Crippen LogP contribution in [-0.2, 0) is 4.79 Å². The Labute approximate surface area is 85.8 Å². The lowest BCUT2D eigenvalue weighted by Gasteiger charge is -2.05. The van der Waals surface area contributed by atoms with Gasteiger partial charge in [0.1, 0.15) is 6.29 Å². The fourth-order valence-corrected chi connectivity index (χ4v) is 0.963. The molecule has 0 atom stereocenters. The Balaban J connectivity index is 2.56. The molecule has 1 N–H and O–H groups in total. The molecule has 74 valence electrons. The van der Waals surface area contributed by atoms with Gasteiger partial charge < -0.3 is 14.8 Å². The highest BCUT2D eigenvalue weighted by Crippen LogP contribution is 2.22. The van der Waals surface area contributed by atoms with Crippen LogP contribution in [0.25, 0.3) is 0 Å². The molecular weight excluding hydrogens is 206 g/mol. The minimum atomic E-state index is -0.704. The molecule has 1 amide bonds. The second-order valence-electron chi connectivity index (χ2n) is 2.37. The average Bonchev–Trinajstić information content (AvgIpc) is 2.18. The summed E-state index contributed by atoms with van der Waals surface area (Å²) in [4.78, 5) is 20.9. The van der Waals surface area contributed by atoms with E-state index in [0.29, 0.717) is 11.3 Å². The van der Waals surface area contributed by atoms with Gasteiger partial charge in [0, 0.05) is 0 Å². The van der Waals surface area contributed by atoms with E-state index in [9.17, 15) is 9.59 Å². The van der Waals surface area contributed by atoms with Crippen molar-refractivity contribution in [3.8, 4) is 5.75 Å². The van der Waals surface area contributed by atoms with Crippen molar-refractivity contribution >= 4 is 24.0 Å². The smallest absolute Gasteiger partial charge is 0.409 e. The highest BCUT2D eigenvalue weighted by molar-refractivity contribution is 6.32. The molecule has 0 saturated heterocycles. The van der Waals surface area contributed by atoms with Crippen molar-refractivity contribution in [3.05, 3.63) is 29.3 Å². The maximum absolute atomic E-state index is 11.0. The highest BCUT2D eigenvalue weighted by atomic mass is 35.5. The van der Waals surface area contributed by atoms with Crippen LogP contribution in [0.15, 0.2) is 24.3 Å². The quantitative estimate of drug-likeness (QED) is 0.777. The van der Waals surface area contributed by atoms with Crippen LogP contribution in [0.2, 0.25) is 5.02 Å². The van der Waals surface area contributed by atoms with E-state index in [4.69, 9.17) is 16.3 Å². The number of hydrogen-bond donors (Lipinski definition) is 1. The van der Waals surface area contributed by atoms with E-state index in [1.165, 1.54) is 0 Å². The molecule has 0 fully saturated rings. The fraction of sp³-hybridized carbons (Fsp3) is 0.111. The van der Waals surface area contributed by atoms with E-state index >= 15 is 0 Å². The monoisotopic (exact) mass is 213 g/mol. The van der Waals surface area contributed by atoms with Gasteiger partial charge in [-0.1, -0.05) is 23.7 Å². The summed E-state index contributed by atoms with van der Waals surface area (Å²) in [6.07, 6.45) is -0.140. The Kier molecular flexibility index (Phi) is 3.94. The van der Waals surface area contributed by atoms with Crippen molar-refractivity contribution < 1.29 is 14.3 Å². The molecule has 0 aromatic heterocycles. The number of amides is 1. The van der Waals surface area contributed by atoms with Crippen LogP contribution in [0.1, 0.15) is 0 Å². The Morgan fingerprint density at radius 1 is 1.50 bits per heavy atom. The summed E-state index contributed by atoms with van der Waals surface area (Å²) >= 11 is 5.73. The van der Waals surface area contributed by atoms with Gasteiger partial charge in [-0.3, -0.25) is 0 Å². The van der Waals surface area contributed by atoms with Gasteiger partial charge in [0.05, 0.1) is 11.6 Å². The van der Waals surface area contributed by atoms with Crippen LogP contribution >= 0.6 is 11.6 Å². The Morgan fingerprint density at radius 3 is 2.86 bits per heavy atom. The Morgan fingerprint density at radius 2 is 2.21 bits per heavy atom. The first-order valence-corrected chi connectivity index (χ1v) is 4.25. The number of para-hydroxylation sites is 1. The second-order valence-corrected chi connectivity index (χ2v) is 2.77. The first-order valence-electron chi connectivity index (χ1n) is 3.88. The number of benzene rings is 1. The number of ether oxygens (including phenoxy) is 1. The number of nitrogens with one attached hydrogen (secondary N) is 1. The van der Waals surface area contributed by atoms with Crippen LogP contribution < -0.4 is 10.1 Å². The summed E-state index contributed by atoms with van der Waals surface area (Å²) in [6.45, 7) is -0.0801. The zero-order valence-corrected chi connectivity index (χ0v) is 7.95. The molecule has 1 aromatic rings. The van der Waals surface area contributed by atoms with Gasteiger partial charge in [-0.15, -0.1) is 0 Å². The van der Waals surface area contributed by atoms with E-state index in [1.807, 2.05) is 0 Å². The highest BCUT2D eigenvalue weighted by Gasteiger charge is 2.05. The summed E-state index contributed by atoms with van der Waals surface area (Å²) in [7, 11) is 0. The molecule has 1 aromatic carbocycles. The molecule has 0 spiro atoms. The topological polar surface area (TPSA) is 55.4 Å². The number of carbonyl (C=O) groups is 2. The molecule has 0 aliphatic carbocycles. The van der Waals surface area contributed by atoms with Gasteiger partial charge in [0.25, 0.3) is 0 Å². The van der Waals surface area contributed by atoms with Crippen molar-refractivity contribution in [2.24, 2.45) is 0 Å². The minimum Gasteiger partial charge on any atom is -0.409 e. The summed E-state index contributed by atoms with van der Waals surface area (Å²) in [5.41, 5.74) is 0. The van der Waals surface area contributed by atoms with Crippen LogP contribution in [0, 0.1) is 0 Å². The lowest BCUT2D eigenvalue weighted by atomic mass is 10.3. The van der Waals surface area contributed by atoms with Gasteiger partial charge in [0.2, 0.25) is 0 Å². The third-order valence-corrected chi connectivity index (χ3v) is 1.68. The maximum atomic E-state index is 11.0. The molecule has 4 nitrogen and oxygen atoms in total. The largest absolute Gasteiger partial charge is 0.413 e. The average molecular weight is 214 g/mol. The lowest BCUT2D eigenvalue weighted by molar-refractivity contribution is -0.107. The van der Waals surface area contributed by atoms with Gasteiger partial charge in [0.15, 0.2) is 5.75 Å². The predicted molar refractivity (Wildman–Crippen MR) is 51.5 cm³/mol. The molecule has 5 heteroatoms. The molecule has 0 radical (unpaired) electrons. The Bertz CT molecular complexity index is 341. The first kappa shape index (κ1) is 10.5. The minimum absolute atomic E-state index is 0.0801. The van der Waals surface area contributed by atoms with Crippen LogP contribution in [0.5, 0.6) is 5.75 Å². The molecule has 0 saturated carbocycles. The van der Waals surface area contributed by atoms with Crippen molar-refractivity contribution in [2.75, 3.05) is 6.54 Å². The predicted octanol–water partition coefficient (Wildman–Crippen LogP) is 1.63. The number of carbonyl (C=O) groups excluding carboxylic acids is 2. The standard InChI is InChI=1S/C9H8ClNO3/c10-7-3-1-2-4-8(7)14-9(13)11-5-6-12/h1-4,6H,5H2,(H,11,13). The molecule has 0 bridgehead atoms. The summed E-state index contributed by atoms with van der Waals surface area (Å²) in [5, 5.41) is 2.56. The van der Waals surface area contributed by atoms with E-state index in [2.05, 4.69) is 5.32 Å². The molecule has 0 aliphatic rings. The Hall–Kier alpha value is -1.55. The van der Waals surface area contributed by atoms with Gasteiger partial charge in [-0.25, -0.2) is 4.79 Å². The zero-order chi connectivity index (χ0) is 10.4. The second kappa shape index (κ2) is 5.24. The van der Waals surface area contributed by atoms with Crippen molar-refractivity contribution in [1.29, 1.82) is 0 Å². The molecular formula is C9H8ClNO3. The molecule has 14 heavy (non-hydrogen) atoms. The third kappa shape index (κ3) is 3.06. The summed E-state index contributed by atoms with van der Waals surface area (Å²) in [5.74, 6) is 0.262. The number of aldehydes is 1. The van der Waals surface area contributed by atoms with E-state index in [-0.39, 0.29) is 12.3 Å². The van der Waals surface area contributed by atoms with E-state index in [1.54, 1.807) is 24.3 Å². The number of rotatable bonds is 3. The third-order valence-electron chi connectivity index (χ3n) is 1.37. The number of hydrogen-bond acceptors (Lipinski definition) is 3. The maximum Gasteiger partial charge on any atom is 0.413 e. The fourth-order valence-electron chi connectivity index (χ4n) is 0.788. The van der Waals surface area contributed by atoms with Gasteiger partial charge in [-0.2, -0.15) is 0 Å². The molecule has 1 rings (SSSR count). The van der Waals surface area contributed by atoms with Crippen LogP contribution in [-0.4, -0.2) is 18.9 Å². The van der Waals surface area contributed by atoms with E-state index in [0.717, 1.165) is 0 Å². The van der Waals surface area contributed by atoms with Crippen molar-refractivity contribution in [3.63, 3.8) is 0 Å². The summed E-state index contributed by atoms with van der Waals surface area (Å²) in [6, 6.07) is 6.57. The molecule has 0 unspecified atom stereocenters. The van der Waals surface area contributed by atoms with Crippen molar-refractivity contribution in [2.45, 2.75) is 0 Å². The van der Waals surface area contributed by atoms with Gasteiger partial charge >= 0.3 is 6.09 Å². The number of halogens is 1. The zero-order valence-electron chi connectivity index (χ0n) is 7.20. The van der Waals surface area contributed by atoms with Crippen molar-refractivity contribution in [1.82, 2.24) is 5.32 Å². The first-order chi connectivity index (χ1) is 6.74. The summed E-state index contributed by atoms with van der Waals surface area (Å²) < 4.78 is 4.81.